The quantitative estimate of drug-likeness (QED) is 0.268. The summed E-state index contributed by atoms with van der Waals surface area (Å²) in [7, 11) is 1.65. The van der Waals surface area contributed by atoms with Gasteiger partial charge in [0, 0.05) is 52.7 Å². The largest absolute Gasteiger partial charge is 0.494 e. The number of methoxy groups -OCH3 is 1. The number of hydrogen-bond donors (Lipinski definition) is 2. The predicted octanol–water partition coefficient (Wildman–Crippen LogP) is 4.90. The Balaban J connectivity index is 1.37. The van der Waals surface area contributed by atoms with E-state index >= 15 is 0 Å². The van der Waals surface area contributed by atoms with Crippen LogP contribution in [-0.2, 0) is 13.0 Å². The molecule has 3 N–H and O–H groups in total. The number of hydrogen-bond acceptors (Lipinski definition) is 7. The SMILES string of the molecule is COc1cc(C(=O)N2CCCC(N)C2)cn2nc(-c3sc4cccc(-c5cnn(CCO)c5)c4c3CC3CC3)c(C)c12. The zero-order valence-electron chi connectivity index (χ0n) is 24.0. The highest BCUT2D eigenvalue weighted by atomic mass is 32.1. The number of fused-ring (bicyclic) bond motifs is 2. The summed E-state index contributed by atoms with van der Waals surface area (Å²) in [6, 6.07) is 8.31. The normalized spacial score (nSPS) is 17.4. The van der Waals surface area contributed by atoms with Crippen LogP contribution in [0.25, 0.3) is 37.3 Å². The van der Waals surface area contributed by atoms with Crippen molar-refractivity contribution in [2.45, 2.75) is 51.6 Å². The van der Waals surface area contributed by atoms with Gasteiger partial charge in [-0.05, 0) is 68.2 Å². The molecule has 1 saturated carbocycles. The number of likely N-dealkylation sites (tertiary alicyclic amines) is 1. The van der Waals surface area contributed by atoms with Crippen LogP contribution in [0.2, 0.25) is 0 Å². The second kappa shape index (κ2) is 10.8. The predicted molar refractivity (Wildman–Crippen MR) is 165 cm³/mol. The fourth-order valence-corrected chi connectivity index (χ4v) is 7.63. The first-order chi connectivity index (χ1) is 20.4. The number of aliphatic hydroxyl groups is 1. The molecule has 1 aliphatic heterocycles. The molecule has 42 heavy (non-hydrogen) atoms. The molecule has 1 amide bonds. The molecule has 5 aromatic rings. The van der Waals surface area contributed by atoms with Crippen LogP contribution in [0.1, 0.15) is 47.2 Å². The lowest BCUT2D eigenvalue weighted by molar-refractivity contribution is 0.0707. The van der Waals surface area contributed by atoms with Crippen LogP contribution in [0.4, 0.5) is 0 Å². The van der Waals surface area contributed by atoms with E-state index in [9.17, 15) is 9.90 Å². The Morgan fingerprint density at radius 1 is 1.24 bits per heavy atom. The number of pyridine rings is 1. The number of piperidine rings is 1. The van der Waals surface area contributed by atoms with E-state index in [0.29, 0.717) is 36.9 Å². The third-order valence-corrected chi connectivity index (χ3v) is 9.84. The molecule has 2 aliphatic rings. The van der Waals surface area contributed by atoms with Gasteiger partial charge in [-0.25, -0.2) is 4.52 Å². The molecular weight excluding hydrogens is 548 g/mol. The molecule has 1 atom stereocenters. The van der Waals surface area contributed by atoms with E-state index in [1.807, 2.05) is 34.1 Å². The van der Waals surface area contributed by atoms with Gasteiger partial charge in [-0.1, -0.05) is 12.1 Å². The van der Waals surface area contributed by atoms with Crippen molar-refractivity contribution in [1.29, 1.82) is 0 Å². The van der Waals surface area contributed by atoms with Gasteiger partial charge in [-0.3, -0.25) is 9.48 Å². The van der Waals surface area contributed by atoms with Crippen molar-refractivity contribution in [3.63, 3.8) is 0 Å². The van der Waals surface area contributed by atoms with Crippen molar-refractivity contribution in [2.24, 2.45) is 11.7 Å². The van der Waals surface area contributed by atoms with Gasteiger partial charge in [0.1, 0.15) is 17.0 Å². The van der Waals surface area contributed by atoms with Crippen molar-refractivity contribution < 1.29 is 14.6 Å². The highest BCUT2D eigenvalue weighted by Gasteiger charge is 2.30. The lowest BCUT2D eigenvalue weighted by Crippen LogP contribution is -2.45. The second-order valence-electron chi connectivity index (χ2n) is 11.7. The summed E-state index contributed by atoms with van der Waals surface area (Å²) >= 11 is 1.78. The number of aliphatic hydroxyl groups excluding tert-OH is 1. The minimum absolute atomic E-state index is 0.0126. The number of amides is 1. The number of aryl methyl sites for hydroxylation is 1. The summed E-state index contributed by atoms with van der Waals surface area (Å²) in [6.45, 7) is 3.89. The molecule has 1 unspecified atom stereocenters. The minimum atomic E-state index is -0.0391. The molecule has 218 valence electrons. The lowest BCUT2D eigenvalue weighted by atomic mass is 9.96. The van der Waals surface area contributed by atoms with Crippen molar-refractivity contribution in [2.75, 3.05) is 26.8 Å². The number of carbonyl (C=O) groups is 1. The van der Waals surface area contributed by atoms with E-state index in [2.05, 4.69) is 30.2 Å². The van der Waals surface area contributed by atoms with E-state index in [0.717, 1.165) is 47.2 Å². The molecule has 1 aliphatic carbocycles. The summed E-state index contributed by atoms with van der Waals surface area (Å²) in [5.74, 6) is 1.28. The topological polar surface area (TPSA) is 111 Å². The summed E-state index contributed by atoms with van der Waals surface area (Å²) in [5.41, 5.74) is 13.1. The summed E-state index contributed by atoms with van der Waals surface area (Å²) in [5, 5.41) is 20.2. The smallest absolute Gasteiger partial charge is 0.255 e. The van der Waals surface area contributed by atoms with Crippen LogP contribution in [0.3, 0.4) is 0 Å². The average Bonchev–Trinajstić information content (AvgIpc) is 3.41. The Labute approximate surface area is 248 Å². The van der Waals surface area contributed by atoms with E-state index in [4.69, 9.17) is 15.6 Å². The fourth-order valence-electron chi connectivity index (χ4n) is 6.33. The Hall–Kier alpha value is -3.73. The van der Waals surface area contributed by atoms with Gasteiger partial charge in [-0.15, -0.1) is 11.3 Å². The molecule has 0 spiro atoms. The molecule has 10 heteroatoms. The third-order valence-electron chi connectivity index (χ3n) is 8.63. The minimum Gasteiger partial charge on any atom is -0.494 e. The highest BCUT2D eigenvalue weighted by Crippen LogP contribution is 2.47. The molecule has 0 radical (unpaired) electrons. The number of aromatic nitrogens is 4. The molecule has 4 aromatic heterocycles. The number of thiophene rings is 1. The van der Waals surface area contributed by atoms with E-state index < -0.39 is 0 Å². The number of nitrogens with two attached hydrogens (primary N) is 1. The number of ether oxygens (including phenoxy) is 1. The highest BCUT2D eigenvalue weighted by molar-refractivity contribution is 7.22. The van der Waals surface area contributed by atoms with Gasteiger partial charge in [0.05, 0.1) is 36.9 Å². The van der Waals surface area contributed by atoms with Crippen molar-refractivity contribution in [3.05, 3.63) is 59.5 Å². The number of benzene rings is 1. The Morgan fingerprint density at radius 2 is 2.10 bits per heavy atom. The zero-order valence-corrected chi connectivity index (χ0v) is 24.9. The van der Waals surface area contributed by atoms with Gasteiger partial charge < -0.3 is 20.5 Å². The summed E-state index contributed by atoms with van der Waals surface area (Å²) < 4.78 is 10.7. The lowest BCUT2D eigenvalue weighted by Gasteiger charge is -2.30. The van der Waals surface area contributed by atoms with Crippen LogP contribution < -0.4 is 10.5 Å². The monoisotopic (exact) mass is 584 g/mol. The Bertz CT molecular complexity index is 1800. The summed E-state index contributed by atoms with van der Waals surface area (Å²) in [6.07, 6.45) is 11.1. The first-order valence-electron chi connectivity index (χ1n) is 14.8. The van der Waals surface area contributed by atoms with E-state index in [-0.39, 0.29) is 18.6 Å². The number of carbonyl (C=O) groups excluding carboxylic acids is 1. The Kier molecular flexibility index (Phi) is 7.00. The number of rotatable bonds is 8. The van der Waals surface area contributed by atoms with Gasteiger partial charge in [0.15, 0.2) is 0 Å². The maximum absolute atomic E-state index is 13.5. The van der Waals surface area contributed by atoms with Gasteiger partial charge in [0.25, 0.3) is 5.91 Å². The van der Waals surface area contributed by atoms with Crippen LogP contribution >= 0.6 is 11.3 Å². The van der Waals surface area contributed by atoms with Crippen molar-refractivity contribution >= 4 is 32.8 Å². The molecular formula is C32H36N6O3S. The van der Waals surface area contributed by atoms with Crippen LogP contribution in [0.5, 0.6) is 5.75 Å². The first kappa shape index (κ1) is 27.1. The van der Waals surface area contributed by atoms with Gasteiger partial charge in [0.2, 0.25) is 0 Å². The van der Waals surface area contributed by atoms with Crippen LogP contribution in [-0.4, -0.2) is 68.2 Å². The van der Waals surface area contributed by atoms with Gasteiger partial charge >= 0.3 is 0 Å². The molecule has 9 nitrogen and oxygen atoms in total. The maximum Gasteiger partial charge on any atom is 0.255 e. The first-order valence-corrected chi connectivity index (χ1v) is 15.6. The van der Waals surface area contributed by atoms with Crippen molar-refractivity contribution in [3.8, 4) is 27.4 Å². The van der Waals surface area contributed by atoms with E-state index in [1.165, 1.54) is 33.4 Å². The zero-order chi connectivity index (χ0) is 29.0. The van der Waals surface area contributed by atoms with E-state index in [1.54, 1.807) is 23.1 Å². The molecule has 5 heterocycles. The van der Waals surface area contributed by atoms with Crippen molar-refractivity contribution in [1.82, 2.24) is 24.3 Å². The van der Waals surface area contributed by atoms with Gasteiger partial charge in [-0.2, -0.15) is 10.2 Å². The Morgan fingerprint density at radius 3 is 2.86 bits per heavy atom. The third kappa shape index (κ3) is 4.77. The van der Waals surface area contributed by atoms with Crippen LogP contribution in [0.15, 0.2) is 42.9 Å². The van der Waals surface area contributed by atoms with Crippen LogP contribution in [0, 0.1) is 12.8 Å². The molecule has 1 saturated heterocycles. The molecule has 1 aromatic carbocycles. The molecule has 0 bridgehead atoms. The maximum atomic E-state index is 13.5. The molecule has 7 rings (SSSR count). The number of nitrogens with zero attached hydrogens (tertiary/aromatic N) is 5. The average molecular weight is 585 g/mol. The fraction of sp³-hybridized carbons (Fsp3) is 0.406. The standard InChI is InChI=1S/C32H36N6O3S/c1-19-29(35-38-17-21(14-26(41-2)30(19)38)32(40)36-10-4-5-23(33)18-36)31-25(13-20-8-9-20)28-24(6-3-7-27(28)42-31)22-15-34-37(16-22)11-12-39/h3,6-7,14-17,20,23,39H,4-5,8-13,18,33H2,1-2H3. The summed E-state index contributed by atoms with van der Waals surface area (Å²) in [4.78, 5) is 16.5. The second-order valence-corrected chi connectivity index (χ2v) is 12.7. The molecule has 2 fully saturated rings.